The van der Waals surface area contributed by atoms with Gasteiger partial charge in [0.25, 0.3) is 0 Å². The molecule has 1 aromatic carbocycles. The maximum absolute atomic E-state index is 10.7. The average Bonchev–Trinajstić information content (AvgIpc) is 2.65. The Morgan fingerprint density at radius 1 is 1.56 bits per heavy atom. The molecule has 0 radical (unpaired) electrons. The number of fused-ring (bicyclic) bond motifs is 1. The molecule has 0 saturated heterocycles. The fraction of sp³-hybridized carbons (Fsp3) is 0.385. The molecule has 2 atom stereocenters. The molecular weight excluding hydrogens is 230 g/mol. The molecule has 1 heterocycles. The Hall–Kier alpha value is -1.88. The van der Waals surface area contributed by atoms with Crippen molar-refractivity contribution in [2.24, 2.45) is 11.7 Å². The van der Waals surface area contributed by atoms with Crippen LogP contribution in [0.4, 0.5) is 0 Å². The lowest BCUT2D eigenvalue weighted by atomic mass is 9.92. The summed E-state index contributed by atoms with van der Waals surface area (Å²) in [5.74, 6) is -0.0744. The van der Waals surface area contributed by atoms with Gasteiger partial charge < -0.3 is 15.8 Å². The van der Waals surface area contributed by atoms with Crippen molar-refractivity contribution in [2.75, 3.05) is 0 Å². The van der Waals surface area contributed by atoms with Crippen LogP contribution in [0.3, 0.4) is 0 Å². The van der Waals surface area contributed by atoms with E-state index in [1.165, 1.54) is 0 Å². The molecule has 2 aromatic rings. The summed E-state index contributed by atoms with van der Waals surface area (Å²) in [6.07, 6.45) is 0.0706. The van der Waals surface area contributed by atoms with Gasteiger partial charge in [0.1, 0.15) is 5.82 Å². The molecule has 0 aliphatic carbocycles. The van der Waals surface area contributed by atoms with E-state index in [1.807, 2.05) is 32.0 Å². The smallest absolute Gasteiger partial charge is 0.303 e. The van der Waals surface area contributed by atoms with Crippen LogP contribution in [-0.2, 0) is 4.79 Å². The molecule has 0 saturated carbocycles. The second kappa shape index (κ2) is 4.78. The highest BCUT2D eigenvalue weighted by atomic mass is 16.4. The standard InChI is InChI=1S/C13H17N3O2/c1-7(5-12(17)18)13(14)9-3-4-10-11(6-9)16-8(2)15-10/h3-4,6-7,13H,5,14H2,1-2H3,(H,15,16)(H,17,18). The Morgan fingerprint density at radius 2 is 2.28 bits per heavy atom. The van der Waals surface area contributed by atoms with Gasteiger partial charge in [-0.2, -0.15) is 0 Å². The lowest BCUT2D eigenvalue weighted by Gasteiger charge is -2.18. The third kappa shape index (κ3) is 2.51. The van der Waals surface area contributed by atoms with Crippen molar-refractivity contribution >= 4 is 17.0 Å². The third-order valence-electron chi connectivity index (χ3n) is 3.12. The number of imidazole rings is 1. The van der Waals surface area contributed by atoms with Crippen molar-refractivity contribution in [1.82, 2.24) is 9.97 Å². The normalized spacial score (nSPS) is 14.6. The number of carboxylic acids is 1. The number of aromatic amines is 1. The Kier molecular flexibility index (Phi) is 3.34. The number of aliphatic carboxylic acids is 1. The van der Waals surface area contributed by atoms with Crippen LogP contribution in [0.1, 0.15) is 30.8 Å². The maximum atomic E-state index is 10.7. The SMILES string of the molecule is Cc1nc2ccc(C(N)C(C)CC(=O)O)cc2[nH]1. The average molecular weight is 247 g/mol. The minimum atomic E-state index is -0.823. The van der Waals surface area contributed by atoms with Gasteiger partial charge >= 0.3 is 5.97 Å². The number of rotatable bonds is 4. The quantitative estimate of drug-likeness (QED) is 0.770. The van der Waals surface area contributed by atoms with Gasteiger partial charge in [-0.05, 0) is 30.5 Å². The molecule has 1 aromatic heterocycles. The first-order chi connectivity index (χ1) is 8.47. The number of aromatic nitrogens is 2. The summed E-state index contributed by atoms with van der Waals surface area (Å²) in [6.45, 7) is 3.74. The van der Waals surface area contributed by atoms with Gasteiger partial charge in [-0.15, -0.1) is 0 Å². The number of carbonyl (C=O) groups is 1. The predicted octanol–water partition coefficient (Wildman–Crippen LogP) is 1.98. The second-order valence-corrected chi connectivity index (χ2v) is 4.70. The van der Waals surface area contributed by atoms with Crippen LogP contribution >= 0.6 is 0 Å². The van der Waals surface area contributed by atoms with Crippen LogP contribution in [0.2, 0.25) is 0 Å². The van der Waals surface area contributed by atoms with E-state index in [9.17, 15) is 4.79 Å². The molecule has 18 heavy (non-hydrogen) atoms. The Bertz CT molecular complexity index is 577. The molecule has 5 nitrogen and oxygen atoms in total. The fourth-order valence-electron chi connectivity index (χ4n) is 2.09. The highest BCUT2D eigenvalue weighted by molar-refractivity contribution is 5.76. The number of hydrogen-bond acceptors (Lipinski definition) is 3. The minimum Gasteiger partial charge on any atom is -0.481 e. The number of hydrogen-bond donors (Lipinski definition) is 3. The highest BCUT2D eigenvalue weighted by Gasteiger charge is 2.18. The van der Waals surface area contributed by atoms with E-state index in [-0.39, 0.29) is 18.4 Å². The second-order valence-electron chi connectivity index (χ2n) is 4.70. The Labute approximate surface area is 105 Å². The van der Waals surface area contributed by atoms with Crippen LogP contribution in [0.5, 0.6) is 0 Å². The molecule has 4 N–H and O–H groups in total. The van der Waals surface area contributed by atoms with E-state index >= 15 is 0 Å². The fourth-order valence-corrected chi connectivity index (χ4v) is 2.09. The van der Waals surface area contributed by atoms with Crippen LogP contribution < -0.4 is 5.73 Å². The largest absolute Gasteiger partial charge is 0.481 e. The van der Waals surface area contributed by atoms with Gasteiger partial charge in [-0.1, -0.05) is 13.0 Å². The molecule has 0 amide bonds. The van der Waals surface area contributed by atoms with Gasteiger partial charge in [-0.3, -0.25) is 4.79 Å². The molecule has 0 aliphatic rings. The molecule has 2 rings (SSSR count). The van der Waals surface area contributed by atoms with Crippen LogP contribution in [-0.4, -0.2) is 21.0 Å². The lowest BCUT2D eigenvalue weighted by molar-refractivity contribution is -0.138. The van der Waals surface area contributed by atoms with Gasteiger partial charge in [0.2, 0.25) is 0 Å². The van der Waals surface area contributed by atoms with Crippen molar-refractivity contribution in [3.63, 3.8) is 0 Å². The molecule has 96 valence electrons. The van der Waals surface area contributed by atoms with Crippen molar-refractivity contribution in [3.8, 4) is 0 Å². The number of aryl methyl sites for hydroxylation is 1. The van der Waals surface area contributed by atoms with Gasteiger partial charge in [-0.25, -0.2) is 4.98 Å². The number of benzene rings is 1. The first-order valence-corrected chi connectivity index (χ1v) is 5.91. The molecular formula is C13H17N3O2. The van der Waals surface area contributed by atoms with E-state index in [2.05, 4.69) is 9.97 Å². The zero-order chi connectivity index (χ0) is 13.3. The van der Waals surface area contributed by atoms with Gasteiger partial charge in [0, 0.05) is 12.5 Å². The number of nitrogens with two attached hydrogens (primary N) is 1. The summed E-state index contributed by atoms with van der Waals surface area (Å²) in [7, 11) is 0. The number of nitrogens with one attached hydrogen (secondary N) is 1. The lowest BCUT2D eigenvalue weighted by Crippen LogP contribution is -2.21. The van der Waals surface area contributed by atoms with Gasteiger partial charge in [0.15, 0.2) is 0 Å². The maximum Gasteiger partial charge on any atom is 0.303 e. The van der Waals surface area contributed by atoms with Crippen LogP contribution in [0, 0.1) is 12.8 Å². The molecule has 0 fully saturated rings. The van der Waals surface area contributed by atoms with Crippen LogP contribution in [0.15, 0.2) is 18.2 Å². The Balaban J connectivity index is 2.26. The summed E-state index contributed by atoms with van der Waals surface area (Å²) in [5.41, 5.74) is 8.85. The Morgan fingerprint density at radius 3 is 2.94 bits per heavy atom. The predicted molar refractivity (Wildman–Crippen MR) is 69.2 cm³/mol. The zero-order valence-electron chi connectivity index (χ0n) is 10.5. The van der Waals surface area contributed by atoms with Crippen LogP contribution in [0.25, 0.3) is 11.0 Å². The summed E-state index contributed by atoms with van der Waals surface area (Å²) in [4.78, 5) is 18.2. The van der Waals surface area contributed by atoms with Crippen molar-refractivity contribution in [1.29, 1.82) is 0 Å². The van der Waals surface area contributed by atoms with Crippen molar-refractivity contribution < 1.29 is 9.90 Å². The summed E-state index contributed by atoms with van der Waals surface area (Å²) in [5, 5.41) is 8.78. The first kappa shape index (κ1) is 12.6. The van der Waals surface area contributed by atoms with E-state index in [0.29, 0.717) is 0 Å². The number of carboxylic acid groups (broad SMARTS) is 1. The monoisotopic (exact) mass is 247 g/mol. The number of nitrogens with zero attached hydrogens (tertiary/aromatic N) is 1. The topological polar surface area (TPSA) is 92.0 Å². The minimum absolute atomic E-state index is 0.0706. The van der Waals surface area contributed by atoms with E-state index in [1.54, 1.807) is 0 Å². The summed E-state index contributed by atoms with van der Waals surface area (Å²) >= 11 is 0. The van der Waals surface area contributed by atoms with E-state index in [0.717, 1.165) is 22.4 Å². The van der Waals surface area contributed by atoms with E-state index in [4.69, 9.17) is 10.8 Å². The van der Waals surface area contributed by atoms with E-state index < -0.39 is 5.97 Å². The van der Waals surface area contributed by atoms with Gasteiger partial charge in [0.05, 0.1) is 11.0 Å². The molecule has 2 unspecified atom stereocenters. The van der Waals surface area contributed by atoms with Crippen molar-refractivity contribution in [3.05, 3.63) is 29.6 Å². The summed E-state index contributed by atoms with van der Waals surface area (Å²) < 4.78 is 0. The molecule has 5 heteroatoms. The molecule has 0 bridgehead atoms. The third-order valence-corrected chi connectivity index (χ3v) is 3.12. The molecule has 0 aliphatic heterocycles. The highest BCUT2D eigenvalue weighted by Crippen LogP contribution is 2.24. The number of H-pyrrole nitrogens is 1. The molecule has 0 spiro atoms. The van der Waals surface area contributed by atoms with Crippen molar-refractivity contribution in [2.45, 2.75) is 26.3 Å². The zero-order valence-corrected chi connectivity index (χ0v) is 10.5. The first-order valence-electron chi connectivity index (χ1n) is 5.91. The summed E-state index contributed by atoms with van der Waals surface area (Å²) in [6, 6.07) is 5.47.